The van der Waals surface area contributed by atoms with Crippen molar-refractivity contribution in [3.63, 3.8) is 0 Å². The van der Waals surface area contributed by atoms with Gasteiger partial charge in [-0.3, -0.25) is 0 Å². The van der Waals surface area contributed by atoms with Gasteiger partial charge in [0.2, 0.25) is 0 Å². The van der Waals surface area contributed by atoms with Crippen LogP contribution in [0.2, 0.25) is 0 Å². The Morgan fingerprint density at radius 1 is 0.862 bits per heavy atom. The average molecular weight is 457 g/mol. The van der Waals surface area contributed by atoms with Crippen LogP contribution in [0.1, 0.15) is 94.2 Å². The highest BCUT2D eigenvalue weighted by molar-refractivity contribution is 9.10. The number of benzene rings is 2. The van der Waals surface area contributed by atoms with E-state index < -0.39 is 0 Å². The van der Waals surface area contributed by atoms with Crippen LogP contribution in [0.3, 0.4) is 0 Å². The molecule has 2 heteroatoms. The van der Waals surface area contributed by atoms with Crippen molar-refractivity contribution < 1.29 is 4.74 Å². The molecule has 158 valence electrons. The summed E-state index contributed by atoms with van der Waals surface area (Å²) in [4.78, 5) is 0. The zero-order chi connectivity index (χ0) is 20.5. The Hall–Kier alpha value is -1.28. The van der Waals surface area contributed by atoms with Crippen molar-refractivity contribution in [2.24, 2.45) is 5.92 Å². The topological polar surface area (TPSA) is 9.23 Å². The summed E-state index contributed by atoms with van der Waals surface area (Å²) in [5.74, 6) is 2.62. The highest BCUT2D eigenvalue weighted by Crippen LogP contribution is 2.39. The number of hydrogen-bond donors (Lipinski definition) is 0. The van der Waals surface area contributed by atoms with Crippen LogP contribution in [0.25, 0.3) is 0 Å². The van der Waals surface area contributed by atoms with E-state index in [0.29, 0.717) is 12.5 Å². The number of aryl methyl sites for hydroxylation is 1. The third-order valence-corrected chi connectivity index (χ3v) is 7.10. The Bertz CT molecular complexity index is 729. The molecule has 0 atom stereocenters. The fraction of sp³-hybridized carbons (Fsp3) is 0.556. The zero-order valence-corrected chi connectivity index (χ0v) is 19.8. The van der Waals surface area contributed by atoms with E-state index in [-0.39, 0.29) is 0 Å². The van der Waals surface area contributed by atoms with Crippen molar-refractivity contribution in [1.29, 1.82) is 0 Å². The maximum absolute atomic E-state index is 6.10. The maximum Gasteiger partial charge on any atom is 0.134 e. The van der Waals surface area contributed by atoms with Crippen molar-refractivity contribution >= 4 is 15.9 Å². The molecule has 0 aliphatic heterocycles. The van der Waals surface area contributed by atoms with Gasteiger partial charge in [0.1, 0.15) is 12.4 Å². The van der Waals surface area contributed by atoms with Gasteiger partial charge in [0, 0.05) is 0 Å². The Balaban J connectivity index is 1.51. The summed E-state index contributed by atoms with van der Waals surface area (Å²) in [5, 5.41) is 0. The van der Waals surface area contributed by atoms with Gasteiger partial charge in [0.05, 0.1) is 4.47 Å². The minimum Gasteiger partial charge on any atom is -0.488 e. The molecule has 0 heterocycles. The van der Waals surface area contributed by atoms with Gasteiger partial charge < -0.3 is 4.74 Å². The zero-order valence-electron chi connectivity index (χ0n) is 18.3. The lowest BCUT2D eigenvalue weighted by atomic mass is 9.77. The molecular weight excluding hydrogens is 420 g/mol. The molecule has 0 amide bonds. The van der Waals surface area contributed by atoms with Gasteiger partial charge in [-0.15, -0.1) is 0 Å². The standard InChI is InChI=1S/C27H37BrO/c1-3-5-7-21-9-11-23(12-10-21)20-29-27-18-17-25(19-26(27)28)24-15-13-22(14-16-24)8-6-4-2/h9-12,17-19,22,24H,3-8,13-16,20H2,1-2H3. The molecule has 3 rings (SSSR count). The lowest BCUT2D eigenvalue weighted by Gasteiger charge is -2.29. The van der Waals surface area contributed by atoms with E-state index in [9.17, 15) is 0 Å². The van der Waals surface area contributed by atoms with Gasteiger partial charge in [0.25, 0.3) is 0 Å². The third-order valence-electron chi connectivity index (χ3n) is 6.48. The van der Waals surface area contributed by atoms with E-state index >= 15 is 0 Å². The molecule has 0 N–H and O–H groups in total. The van der Waals surface area contributed by atoms with Crippen LogP contribution in [0.15, 0.2) is 46.9 Å². The Labute approximate surface area is 186 Å². The Morgan fingerprint density at radius 2 is 1.55 bits per heavy atom. The van der Waals surface area contributed by atoms with Crippen LogP contribution >= 0.6 is 15.9 Å². The summed E-state index contributed by atoms with van der Waals surface area (Å²) in [7, 11) is 0. The number of unbranched alkanes of at least 4 members (excludes halogenated alkanes) is 2. The summed E-state index contributed by atoms with van der Waals surface area (Å²) in [6, 6.07) is 15.6. The van der Waals surface area contributed by atoms with E-state index in [4.69, 9.17) is 4.74 Å². The molecule has 0 bridgehead atoms. The fourth-order valence-corrected chi connectivity index (χ4v) is 5.02. The first-order valence-corrected chi connectivity index (χ1v) is 12.5. The van der Waals surface area contributed by atoms with Gasteiger partial charge in [-0.2, -0.15) is 0 Å². The quantitative estimate of drug-likeness (QED) is 0.346. The second-order valence-electron chi connectivity index (χ2n) is 8.76. The third kappa shape index (κ3) is 6.88. The highest BCUT2D eigenvalue weighted by Gasteiger charge is 2.22. The molecule has 0 radical (unpaired) electrons. The second kappa shape index (κ2) is 11.8. The molecule has 0 aromatic heterocycles. The van der Waals surface area contributed by atoms with Crippen LogP contribution < -0.4 is 4.74 Å². The van der Waals surface area contributed by atoms with Gasteiger partial charge in [-0.05, 0) is 95.1 Å². The Morgan fingerprint density at radius 3 is 2.21 bits per heavy atom. The van der Waals surface area contributed by atoms with Crippen LogP contribution in [0.5, 0.6) is 5.75 Å². The van der Waals surface area contributed by atoms with Crippen LogP contribution in [0, 0.1) is 5.92 Å². The molecule has 1 aliphatic rings. The average Bonchev–Trinajstić information content (AvgIpc) is 2.76. The summed E-state index contributed by atoms with van der Waals surface area (Å²) in [5.41, 5.74) is 4.12. The maximum atomic E-state index is 6.10. The molecule has 1 nitrogen and oxygen atoms in total. The van der Waals surface area contributed by atoms with Gasteiger partial charge >= 0.3 is 0 Å². The van der Waals surface area contributed by atoms with Gasteiger partial charge in [-0.25, -0.2) is 0 Å². The smallest absolute Gasteiger partial charge is 0.134 e. The molecule has 1 fully saturated rings. The van der Waals surface area contributed by atoms with Crippen LogP contribution in [0.4, 0.5) is 0 Å². The summed E-state index contributed by atoms with van der Waals surface area (Å²) < 4.78 is 7.19. The monoisotopic (exact) mass is 456 g/mol. The molecule has 1 saturated carbocycles. The van der Waals surface area contributed by atoms with E-state index in [1.807, 2.05) is 0 Å². The SMILES string of the molecule is CCCCc1ccc(COc2ccc(C3CCC(CCCC)CC3)cc2Br)cc1. The summed E-state index contributed by atoms with van der Waals surface area (Å²) in [6.45, 7) is 5.16. The van der Waals surface area contributed by atoms with Crippen molar-refractivity contribution in [3.8, 4) is 5.75 Å². The number of rotatable bonds is 10. The number of ether oxygens (including phenoxy) is 1. The van der Waals surface area contributed by atoms with Gasteiger partial charge in [0.15, 0.2) is 0 Å². The molecule has 1 aliphatic carbocycles. The van der Waals surface area contributed by atoms with Crippen molar-refractivity contribution in [1.82, 2.24) is 0 Å². The molecule has 2 aromatic rings. The van der Waals surface area contributed by atoms with E-state index in [2.05, 4.69) is 72.2 Å². The highest BCUT2D eigenvalue weighted by atomic mass is 79.9. The minimum atomic E-state index is 0.620. The van der Waals surface area contributed by atoms with E-state index in [1.54, 1.807) is 0 Å². The van der Waals surface area contributed by atoms with E-state index in [0.717, 1.165) is 16.1 Å². The first-order valence-electron chi connectivity index (χ1n) is 11.7. The molecular formula is C27H37BrO. The van der Waals surface area contributed by atoms with Crippen molar-refractivity contribution in [3.05, 3.63) is 63.6 Å². The lowest BCUT2D eigenvalue weighted by molar-refractivity contribution is 0.300. The molecule has 0 spiro atoms. The van der Waals surface area contributed by atoms with Crippen molar-refractivity contribution in [2.45, 2.75) is 90.6 Å². The molecule has 0 saturated heterocycles. The Kier molecular flexibility index (Phi) is 9.11. The predicted molar refractivity (Wildman–Crippen MR) is 128 cm³/mol. The fourth-order valence-electron chi connectivity index (χ4n) is 4.51. The molecule has 0 unspecified atom stereocenters. The lowest BCUT2D eigenvalue weighted by Crippen LogP contribution is -2.13. The van der Waals surface area contributed by atoms with Crippen molar-refractivity contribution in [2.75, 3.05) is 0 Å². The second-order valence-corrected chi connectivity index (χ2v) is 9.61. The number of halogens is 1. The largest absolute Gasteiger partial charge is 0.488 e. The predicted octanol–water partition coefficient (Wildman–Crippen LogP) is 8.83. The normalized spacial score (nSPS) is 19.3. The van der Waals surface area contributed by atoms with E-state index in [1.165, 1.54) is 80.9 Å². The molecule has 2 aromatic carbocycles. The summed E-state index contributed by atoms with van der Waals surface area (Å²) in [6.07, 6.45) is 13.3. The van der Waals surface area contributed by atoms with Gasteiger partial charge in [-0.1, -0.05) is 69.9 Å². The minimum absolute atomic E-state index is 0.620. The number of hydrogen-bond acceptors (Lipinski definition) is 1. The van der Waals surface area contributed by atoms with Crippen LogP contribution in [-0.2, 0) is 13.0 Å². The van der Waals surface area contributed by atoms with Crippen LogP contribution in [-0.4, -0.2) is 0 Å². The summed E-state index contributed by atoms with van der Waals surface area (Å²) >= 11 is 3.75. The first-order chi connectivity index (χ1) is 14.2. The first kappa shape index (κ1) is 22.4. The molecule has 29 heavy (non-hydrogen) atoms.